The number of ketones is 1. The summed E-state index contributed by atoms with van der Waals surface area (Å²) in [7, 11) is 1.40. The van der Waals surface area contributed by atoms with E-state index in [9.17, 15) is 13.6 Å². The van der Waals surface area contributed by atoms with Crippen LogP contribution in [-0.4, -0.2) is 25.9 Å². The fourth-order valence-corrected chi connectivity index (χ4v) is 1.16. The number of alkyl halides is 2. The molecule has 0 unspecified atom stereocenters. The van der Waals surface area contributed by atoms with Crippen LogP contribution in [0.5, 0.6) is 11.5 Å². The van der Waals surface area contributed by atoms with Crippen LogP contribution in [0, 0.1) is 0 Å². The molecule has 88 valence electrons. The Bertz CT molecular complexity index is 377. The molecule has 0 bridgehead atoms. The first-order valence-electron chi connectivity index (χ1n) is 4.64. The highest BCUT2D eigenvalue weighted by Crippen LogP contribution is 2.28. The lowest BCUT2D eigenvalue weighted by molar-refractivity contribution is 0.0804. The molecule has 0 atom stereocenters. The van der Waals surface area contributed by atoms with Crippen LogP contribution in [0.3, 0.4) is 0 Å². The lowest BCUT2D eigenvalue weighted by Gasteiger charge is -2.11. The normalized spacial score (nSPS) is 10.3. The van der Waals surface area contributed by atoms with Crippen molar-refractivity contribution in [2.45, 2.75) is 13.3 Å². The lowest BCUT2D eigenvalue weighted by atomic mass is 10.1. The van der Waals surface area contributed by atoms with Crippen LogP contribution in [0.15, 0.2) is 18.2 Å². The summed E-state index contributed by atoms with van der Waals surface area (Å²) < 4.78 is 33.7. The van der Waals surface area contributed by atoms with E-state index in [2.05, 4.69) is 0 Å². The zero-order valence-corrected chi connectivity index (χ0v) is 9.00. The van der Waals surface area contributed by atoms with Crippen molar-refractivity contribution < 1.29 is 23.0 Å². The largest absolute Gasteiger partial charge is 0.493 e. The third-order valence-corrected chi connectivity index (χ3v) is 1.93. The van der Waals surface area contributed by atoms with Gasteiger partial charge in [0, 0.05) is 5.56 Å². The van der Waals surface area contributed by atoms with Gasteiger partial charge in [0.05, 0.1) is 7.11 Å². The average Bonchev–Trinajstić information content (AvgIpc) is 2.25. The van der Waals surface area contributed by atoms with E-state index in [0.717, 1.165) is 0 Å². The molecule has 0 amide bonds. The summed E-state index contributed by atoms with van der Waals surface area (Å²) in [5.41, 5.74) is 0.394. The second-order valence-corrected chi connectivity index (χ2v) is 3.12. The van der Waals surface area contributed by atoms with Crippen molar-refractivity contribution in [3.05, 3.63) is 23.8 Å². The third-order valence-electron chi connectivity index (χ3n) is 1.93. The van der Waals surface area contributed by atoms with E-state index in [1.807, 2.05) is 0 Å². The highest BCUT2D eigenvalue weighted by molar-refractivity contribution is 5.94. The number of carbonyl (C=O) groups is 1. The molecule has 0 spiro atoms. The number of methoxy groups -OCH3 is 1. The molecule has 0 fully saturated rings. The van der Waals surface area contributed by atoms with E-state index in [0.29, 0.717) is 11.3 Å². The standard InChI is InChI=1S/C11H12F2O3/c1-7(14)8-3-4-9(15-2)10(5-8)16-6-11(12)13/h3-5,11H,6H2,1-2H3. The van der Waals surface area contributed by atoms with Crippen LogP contribution in [0.1, 0.15) is 17.3 Å². The maximum Gasteiger partial charge on any atom is 0.272 e. The molecule has 0 heterocycles. The Morgan fingerprint density at radius 2 is 2.06 bits per heavy atom. The number of ether oxygens (including phenoxy) is 2. The molecule has 0 aromatic heterocycles. The van der Waals surface area contributed by atoms with E-state index >= 15 is 0 Å². The zero-order valence-electron chi connectivity index (χ0n) is 9.00. The number of rotatable bonds is 5. The SMILES string of the molecule is COc1ccc(C(C)=O)cc1OCC(F)F. The van der Waals surface area contributed by atoms with Crippen LogP contribution >= 0.6 is 0 Å². The topological polar surface area (TPSA) is 35.5 Å². The van der Waals surface area contributed by atoms with Crippen LogP contribution in [0.25, 0.3) is 0 Å². The minimum atomic E-state index is -2.56. The molecule has 5 heteroatoms. The fourth-order valence-electron chi connectivity index (χ4n) is 1.16. The van der Waals surface area contributed by atoms with Crippen LogP contribution in [-0.2, 0) is 0 Å². The van der Waals surface area contributed by atoms with Gasteiger partial charge in [-0.1, -0.05) is 0 Å². The van der Waals surface area contributed by atoms with Crippen molar-refractivity contribution in [2.24, 2.45) is 0 Å². The van der Waals surface area contributed by atoms with Crippen molar-refractivity contribution in [2.75, 3.05) is 13.7 Å². The minimum Gasteiger partial charge on any atom is -0.493 e. The maximum atomic E-state index is 12.0. The first-order valence-corrected chi connectivity index (χ1v) is 4.64. The first-order chi connectivity index (χ1) is 7.54. The van der Waals surface area contributed by atoms with Gasteiger partial charge in [0.1, 0.15) is 6.61 Å². The Morgan fingerprint density at radius 3 is 2.56 bits per heavy atom. The number of benzene rings is 1. The lowest BCUT2D eigenvalue weighted by Crippen LogP contribution is -2.08. The van der Waals surface area contributed by atoms with E-state index in [-0.39, 0.29) is 11.5 Å². The van der Waals surface area contributed by atoms with Gasteiger partial charge in [-0.2, -0.15) is 0 Å². The van der Waals surface area contributed by atoms with Gasteiger partial charge in [0.25, 0.3) is 6.43 Å². The molecule has 0 aliphatic heterocycles. The zero-order chi connectivity index (χ0) is 12.1. The van der Waals surface area contributed by atoms with Gasteiger partial charge < -0.3 is 9.47 Å². The third kappa shape index (κ3) is 3.18. The molecular weight excluding hydrogens is 218 g/mol. The minimum absolute atomic E-state index is 0.149. The molecule has 1 aromatic carbocycles. The van der Waals surface area contributed by atoms with Crippen molar-refractivity contribution in [3.63, 3.8) is 0 Å². The molecule has 0 aliphatic rings. The second-order valence-electron chi connectivity index (χ2n) is 3.12. The van der Waals surface area contributed by atoms with Crippen molar-refractivity contribution >= 4 is 5.78 Å². The Balaban J connectivity index is 2.93. The van der Waals surface area contributed by atoms with Gasteiger partial charge in [-0.3, -0.25) is 4.79 Å². The summed E-state index contributed by atoms with van der Waals surface area (Å²) in [5, 5.41) is 0. The second kappa shape index (κ2) is 5.44. The van der Waals surface area contributed by atoms with Crippen LogP contribution in [0.4, 0.5) is 8.78 Å². The molecule has 0 radical (unpaired) electrons. The van der Waals surface area contributed by atoms with Gasteiger partial charge in [0.2, 0.25) is 0 Å². The number of hydrogen-bond donors (Lipinski definition) is 0. The number of halogens is 2. The van der Waals surface area contributed by atoms with Crippen molar-refractivity contribution in [1.29, 1.82) is 0 Å². The summed E-state index contributed by atoms with van der Waals surface area (Å²) >= 11 is 0. The number of Topliss-reactive ketones (excluding diaryl/α,β-unsaturated/α-hetero) is 1. The summed E-state index contributed by atoms with van der Waals surface area (Å²) in [6.45, 7) is 0.663. The maximum absolute atomic E-state index is 12.0. The molecule has 0 saturated carbocycles. The van der Waals surface area contributed by atoms with Crippen LogP contribution < -0.4 is 9.47 Å². The van der Waals surface area contributed by atoms with Crippen molar-refractivity contribution in [1.82, 2.24) is 0 Å². The van der Waals surface area contributed by atoms with Crippen molar-refractivity contribution in [3.8, 4) is 11.5 Å². The predicted octanol–water partition coefficient (Wildman–Crippen LogP) is 2.54. The van der Waals surface area contributed by atoms with E-state index in [4.69, 9.17) is 9.47 Å². The van der Waals surface area contributed by atoms with E-state index in [1.54, 1.807) is 6.07 Å². The molecule has 3 nitrogen and oxygen atoms in total. The van der Waals surface area contributed by atoms with Gasteiger partial charge >= 0.3 is 0 Å². The Labute approximate surface area is 92.0 Å². The molecule has 0 aliphatic carbocycles. The van der Waals surface area contributed by atoms with Crippen LogP contribution in [0.2, 0.25) is 0 Å². The fraction of sp³-hybridized carbons (Fsp3) is 0.364. The molecular formula is C11H12F2O3. The number of hydrogen-bond acceptors (Lipinski definition) is 3. The highest BCUT2D eigenvalue weighted by Gasteiger charge is 2.10. The van der Waals surface area contributed by atoms with Gasteiger partial charge in [0.15, 0.2) is 17.3 Å². The van der Waals surface area contributed by atoms with Gasteiger partial charge in [-0.25, -0.2) is 8.78 Å². The highest BCUT2D eigenvalue weighted by atomic mass is 19.3. The molecule has 1 rings (SSSR count). The molecule has 1 aromatic rings. The molecule has 0 N–H and O–H groups in total. The van der Waals surface area contributed by atoms with E-state index in [1.165, 1.54) is 26.2 Å². The smallest absolute Gasteiger partial charge is 0.272 e. The van der Waals surface area contributed by atoms with Gasteiger partial charge in [-0.05, 0) is 25.1 Å². The quantitative estimate of drug-likeness (QED) is 0.729. The summed E-state index contributed by atoms with van der Waals surface area (Å²) in [6.07, 6.45) is -2.56. The Morgan fingerprint density at radius 1 is 1.38 bits per heavy atom. The summed E-state index contributed by atoms with van der Waals surface area (Å²) in [4.78, 5) is 11.1. The van der Waals surface area contributed by atoms with E-state index < -0.39 is 13.0 Å². The molecule has 16 heavy (non-hydrogen) atoms. The summed E-state index contributed by atoms with van der Waals surface area (Å²) in [5.74, 6) is 0.311. The van der Waals surface area contributed by atoms with Gasteiger partial charge in [-0.15, -0.1) is 0 Å². The summed E-state index contributed by atoms with van der Waals surface area (Å²) in [6, 6.07) is 4.46. The average molecular weight is 230 g/mol. The predicted molar refractivity (Wildman–Crippen MR) is 54.5 cm³/mol. The monoisotopic (exact) mass is 230 g/mol. The molecule has 0 saturated heterocycles. The Kier molecular flexibility index (Phi) is 4.22. The number of carbonyl (C=O) groups excluding carboxylic acids is 1. The first kappa shape index (κ1) is 12.4. The Hall–Kier alpha value is -1.65.